The molecule has 1 aliphatic heterocycles. The summed E-state index contributed by atoms with van der Waals surface area (Å²) in [4.78, 5) is 19.1. The lowest BCUT2D eigenvalue weighted by molar-refractivity contribution is -0.125. The molecule has 1 aromatic carbocycles. The van der Waals surface area contributed by atoms with Crippen molar-refractivity contribution in [2.75, 3.05) is 18.0 Å². The van der Waals surface area contributed by atoms with Gasteiger partial charge in [0.05, 0.1) is 11.4 Å². The van der Waals surface area contributed by atoms with Crippen LogP contribution in [0.15, 0.2) is 30.5 Å². The highest BCUT2D eigenvalue weighted by Crippen LogP contribution is 2.29. The van der Waals surface area contributed by atoms with Gasteiger partial charge in [0.15, 0.2) is 0 Å². The van der Waals surface area contributed by atoms with Crippen molar-refractivity contribution in [2.24, 2.45) is 5.92 Å². The average molecular weight is 343 g/mol. The third-order valence-corrected chi connectivity index (χ3v) is 4.92. The minimum atomic E-state index is -0.280. The van der Waals surface area contributed by atoms with E-state index < -0.39 is 0 Å². The maximum atomic E-state index is 13.5. The molecule has 2 unspecified atom stereocenters. The number of fused-ring (bicyclic) bond motifs is 1. The van der Waals surface area contributed by atoms with Crippen molar-refractivity contribution in [2.45, 2.75) is 45.6 Å². The van der Waals surface area contributed by atoms with Gasteiger partial charge in [-0.3, -0.25) is 9.78 Å². The van der Waals surface area contributed by atoms with E-state index in [1.165, 1.54) is 12.1 Å². The molecule has 25 heavy (non-hydrogen) atoms. The lowest BCUT2D eigenvalue weighted by Crippen LogP contribution is -2.45. The molecule has 0 bridgehead atoms. The first kappa shape index (κ1) is 17.6. The summed E-state index contributed by atoms with van der Waals surface area (Å²) < 4.78 is 13.5. The monoisotopic (exact) mass is 343 g/mol. The molecular formula is C20H26FN3O. The van der Waals surface area contributed by atoms with Gasteiger partial charge < -0.3 is 10.2 Å². The van der Waals surface area contributed by atoms with E-state index in [9.17, 15) is 9.18 Å². The molecule has 1 N–H and O–H groups in total. The average Bonchev–Trinajstić information content (AvgIpc) is 2.61. The predicted octanol–water partition coefficient (Wildman–Crippen LogP) is 3.90. The Kier molecular flexibility index (Phi) is 5.51. The van der Waals surface area contributed by atoms with Gasteiger partial charge in [-0.1, -0.05) is 13.3 Å². The summed E-state index contributed by atoms with van der Waals surface area (Å²) >= 11 is 0. The van der Waals surface area contributed by atoms with E-state index in [0.717, 1.165) is 43.3 Å². The zero-order valence-corrected chi connectivity index (χ0v) is 15.0. The van der Waals surface area contributed by atoms with Crippen molar-refractivity contribution in [3.8, 4) is 0 Å². The molecule has 1 amide bonds. The third-order valence-electron chi connectivity index (χ3n) is 4.92. The van der Waals surface area contributed by atoms with E-state index in [2.05, 4.69) is 29.0 Å². The van der Waals surface area contributed by atoms with Crippen molar-refractivity contribution in [3.05, 3.63) is 36.3 Å². The number of rotatable bonds is 5. The van der Waals surface area contributed by atoms with E-state index in [1.807, 2.05) is 6.07 Å². The highest BCUT2D eigenvalue weighted by atomic mass is 19.1. The molecule has 134 valence electrons. The topological polar surface area (TPSA) is 45.2 Å². The van der Waals surface area contributed by atoms with Gasteiger partial charge in [0.2, 0.25) is 5.91 Å². The lowest BCUT2D eigenvalue weighted by Gasteiger charge is -2.34. The fourth-order valence-corrected chi connectivity index (χ4v) is 3.66. The van der Waals surface area contributed by atoms with Crippen LogP contribution < -0.4 is 10.2 Å². The Balaban J connectivity index is 1.76. The normalized spacial score (nSPS) is 19.0. The first-order valence-electron chi connectivity index (χ1n) is 9.18. The number of pyridine rings is 1. The number of anilines is 1. The molecule has 0 aliphatic carbocycles. The quantitative estimate of drug-likeness (QED) is 0.896. The number of carbonyl (C=O) groups is 1. The smallest absolute Gasteiger partial charge is 0.225 e. The van der Waals surface area contributed by atoms with Gasteiger partial charge in [-0.25, -0.2) is 4.39 Å². The van der Waals surface area contributed by atoms with E-state index in [1.54, 1.807) is 12.3 Å². The van der Waals surface area contributed by atoms with E-state index in [-0.39, 0.29) is 23.7 Å². The number of piperidine rings is 1. The number of hydrogen-bond acceptors (Lipinski definition) is 3. The Labute approximate surface area is 148 Å². The van der Waals surface area contributed by atoms with Crippen molar-refractivity contribution in [1.29, 1.82) is 0 Å². The van der Waals surface area contributed by atoms with Crippen LogP contribution in [-0.4, -0.2) is 30.0 Å². The lowest BCUT2D eigenvalue weighted by atomic mass is 9.95. The van der Waals surface area contributed by atoms with Crippen LogP contribution in [0, 0.1) is 11.7 Å². The first-order chi connectivity index (χ1) is 12.1. The van der Waals surface area contributed by atoms with Gasteiger partial charge in [-0.2, -0.15) is 0 Å². The Bertz CT molecular complexity index is 749. The maximum Gasteiger partial charge on any atom is 0.225 e. The molecule has 2 atom stereocenters. The van der Waals surface area contributed by atoms with Crippen molar-refractivity contribution < 1.29 is 9.18 Å². The third kappa shape index (κ3) is 4.09. The Morgan fingerprint density at radius 2 is 2.28 bits per heavy atom. The minimum Gasteiger partial charge on any atom is -0.370 e. The summed E-state index contributed by atoms with van der Waals surface area (Å²) in [6, 6.07) is 6.88. The predicted molar refractivity (Wildman–Crippen MR) is 99.2 cm³/mol. The van der Waals surface area contributed by atoms with Crippen LogP contribution in [0.25, 0.3) is 10.9 Å². The van der Waals surface area contributed by atoms with Crippen molar-refractivity contribution in [3.63, 3.8) is 0 Å². The van der Waals surface area contributed by atoms with E-state index in [4.69, 9.17) is 0 Å². The van der Waals surface area contributed by atoms with Crippen molar-refractivity contribution in [1.82, 2.24) is 10.3 Å². The van der Waals surface area contributed by atoms with E-state index in [0.29, 0.717) is 12.1 Å². The van der Waals surface area contributed by atoms with Gasteiger partial charge in [0, 0.05) is 42.5 Å². The summed E-state index contributed by atoms with van der Waals surface area (Å²) in [6.45, 7) is 5.79. The van der Waals surface area contributed by atoms with Gasteiger partial charge in [-0.15, -0.1) is 0 Å². The van der Waals surface area contributed by atoms with Gasteiger partial charge >= 0.3 is 0 Å². The number of aromatic nitrogens is 1. The van der Waals surface area contributed by atoms with Crippen molar-refractivity contribution >= 4 is 22.5 Å². The molecule has 0 spiro atoms. The van der Waals surface area contributed by atoms with Crippen LogP contribution in [0.2, 0.25) is 0 Å². The number of hydrogen-bond donors (Lipinski definition) is 1. The van der Waals surface area contributed by atoms with Gasteiger partial charge in [0.25, 0.3) is 0 Å². The molecule has 1 fully saturated rings. The molecular weight excluding hydrogens is 317 g/mol. The highest BCUT2D eigenvalue weighted by Gasteiger charge is 2.27. The second-order valence-electron chi connectivity index (χ2n) is 6.98. The maximum absolute atomic E-state index is 13.5. The number of nitrogens with one attached hydrogen (secondary N) is 1. The Hall–Kier alpha value is -2.17. The molecule has 0 radical (unpaired) electrons. The van der Waals surface area contributed by atoms with Crippen LogP contribution in [0.5, 0.6) is 0 Å². The highest BCUT2D eigenvalue weighted by molar-refractivity contribution is 5.92. The Morgan fingerprint density at radius 1 is 1.44 bits per heavy atom. The van der Waals surface area contributed by atoms with Crippen LogP contribution in [-0.2, 0) is 4.79 Å². The zero-order valence-electron chi connectivity index (χ0n) is 15.0. The molecule has 5 heteroatoms. The van der Waals surface area contributed by atoms with Crippen LogP contribution in [0.1, 0.15) is 39.5 Å². The van der Waals surface area contributed by atoms with Crippen LogP contribution in [0.3, 0.4) is 0 Å². The molecule has 1 aliphatic rings. The number of carbonyl (C=O) groups excluding carboxylic acids is 1. The fourth-order valence-electron chi connectivity index (χ4n) is 3.66. The molecule has 2 heterocycles. The standard InChI is InChI=1S/C20H26FN3O/c1-3-5-14(2)23-20(25)15-6-4-11-24(13-15)19-9-10-22-18-12-16(21)7-8-17(18)19/h7-10,12,14-15H,3-6,11,13H2,1-2H3,(H,23,25). The summed E-state index contributed by atoms with van der Waals surface area (Å²) in [7, 11) is 0. The number of nitrogens with zero attached hydrogens (tertiary/aromatic N) is 2. The zero-order chi connectivity index (χ0) is 17.8. The molecule has 2 aromatic rings. The molecule has 0 saturated carbocycles. The molecule has 1 aromatic heterocycles. The minimum absolute atomic E-state index is 0.00304. The van der Waals surface area contributed by atoms with Gasteiger partial charge in [-0.05, 0) is 44.4 Å². The van der Waals surface area contributed by atoms with Crippen LogP contribution >= 0.6 is 0 Å². The fraction of sp³-hybridized carbons (Fsp3) is 0.500. The summed E-state index contributed by atoms with van der Waals surface area (Å²) in [5, 5.41) is 4.07. The van der Waals surface area contributed by atoms with Gasteiger partial charge in [0.1, 0.15) is 5.82 Å². The molecule has 1 saturated heterocycles. The summed E-state index contributed by atoms with van der Waals surface area (Å²) in [5.74, 6) is -0.135. The Morgan fingerprint density at radius 3 is 3.08 bits per heavy atom. The number of halogens is 1. The largest absolute Gasteiger partial charge is 0.370 e. The SMILES string of the molecule is CCCC(C)NC(=O)C1CCCN(c2ccnc3cc(F)ccc23)C1. The summed E-state index contributed by atoms with van der Waals surface area (Å²) in [6.07, 6.45) is 5.68. The second-order valence-corrected chi connectivity index (χ2v) is 6.98. The molecule has 4 nitrogen and oxygen atoms in total. The molecule has 3 rings (SSSR count). The van der Waals surface area contributed by atoms with E-state index >= 15 is 0 Å². The second kappa shape index (κ2) is 7.81. The van der Waals surface area contributed by atoms with Crippen LogP contribution in [0.4, 0.5) is 10.1 Å². The number of benzene rings is 1. The summed E-state index contributed by atoms with van der Waals surface area (Å²) in [5.41, 5.74) is 1.68. The first-order valence-corrected chi connectivity index (χ1v) is 9.18. The number of amides is 1.